The minimum absolute atomic E-state index is 0.0933. The number of aromatic nitrogens is 3. The Morgan fingerprint density at radius 2 is 2.00 bits per heavy atom. The first-order chi connectivity index (χ1) is 11.6. The number of anilines is 2. The monoisotopic (exact) mass is 409 g/mol. The number of piperidine rings is 1. The van der Waals surface area contributed by atoms with Crippen LogP contribution >= 0.6 is 27.7 Å². The second kappa shape index (κ2) is 8.02. The number of amides is 1. The number of nitrogens with one attached hydrogen (secondary N) is 2. The molecule has 6 nitrogen and oxygen atoms in total. The van der Waals surface area contributed by atoms with Gasteiger partial charge in [0.2, 0.25) is 17.8 Å². The van der Waals surface area contributed by atoms with Crippen molar-refractivity contribution >= 4 is 45.5 Å². The average Bonchev–Trinajstić information content (AvgIpc) is 3.06. The summed E-state index contributed by atoms with van der Waals surface area (Å²) in [6, 6.07) is 7.91. The molecule has 0 saturated carbocycles. The Hall–Kier alpha value is -1.54. The van der Waals surface area contributed by atoms with Gasteiger partial charge in [-0.15, -0.1) is 16.9 Å². The molecule has 0 spiro atoms. The smallest absolute Gasteiger partial charge is 0.246 e. The first-order valence-electron chi connectivity index (χ1n) is 8.02. The van der Waals surface area contributed by atoms with Crippen LogP contribution in [-0.4, -0.2) is 39.4 Å². The SMILES string of the molecule is CC(Sc1ccc(Br)cc1)C(=O)Nc1nc(N2CCCCC2)n[nH]1. The van der Waals surface area contributed by atoms with Crippen LogP contribution in [-0.2, 0) is 4.79 Å². The molecule has 1 saturated heterocycles. The minimum atomic E-state index is -0.227. The highest BCUT2D eigenvalue weighted by molar-refractivity contribution is 9.10. The summed E-state index contributed by atoms with van der Waals surface area (Å²) in [5.41, 5.74) is 0. The van der Waals surface area contributed by atoms with Gasteiger partial charge in [0.15, 0.2) is 0 Å². The summed E-state index contributed by atoms with van der Waals surface area (Å²) in [5, 5.41) is 9.60. The van der Waals surface area contributed by atoms with E-state index in [9.17, 15) is 4.79 Å². The summed E-state index contributed by atoms with van der Waals surface area (Å²) in [5.74, 6) is 0.978. The van der Waals surface area contributed by atoms with Gasteiger partial charge in [-0.25, -0.2) is 5.10 Å². The number of carbonyl (C=O) groups is 1. The van der Waals surface area contributed by atoms with Gasteiger partial charge < -0.3 is 4.90 Å². The molecule has 2 N–H and O–H groups in total. The van der Waals surface area contributed by atoms with E-state index >= 15 is 0 Å². The van der Waals surface area contributed by atoms with Crippen LogP contribution in [0.3, 0.4) is 0 Å². The van der Waals surface area contributed by atoms with Crippen molar-refractivity contribution in [3.8, 4) is 0 Å². The molecule has 128 valence electrons. The molecule has 1 aliphatic rings. The molecule has 1 aromatic carbocycles. The average molecular weight is 410 g/mol. The lowest BCUT2D eigenvalue weighted by atomic mass is 10.1. The molecule has 0 aliphatic carbocycles. The molecule has 1 aromatic heterocycles. The van der Waals surface area contributed by atoms with E-state index in [1.54, 1.807) is 0 Å². The molecular formula is C16H20BrN5OS. The van der Waals surface area contributed by atoms with Crippen molar-refractivity contribution in [2.24, 2.45) is 0 Å². The third kappa shape index (κ3) is 4.51. The number of carbonyl (C=O) groups excluding carboxylic acids is 1. The van der Waals surface area contributed by atoms with E-state index < -0.39 is 0 Å². The van der Waals surface area contributed by atoms with E-state index in [1.807, 2.05) is 31.2 Å². The Bertz CT molecular complexity index is 684. The van der Waals surface area contributed by atoms with Crippen LogP contribution in [0.4, 0.5) is 11.9 Å². The molecule has 1 unspecified atom stereocenters. The summed E-state index contributed by atoms with van der Waals surface area (Å²) < 4.78 is 1.02. The number of halogens is 1. The summed E-state index contributed by atoms with van der Waals surface area (Å²) >= 11 is 4.92. The zero-order valence-electron chi connectivity index (χ0n) is 13.5. The Labute approximate surface area is 153 Å². The van der Waals surface area contributed by atoms with E-state index in [0.29, 0.717) is 11.9 Å². The van der Waals surface area contributed by atoms with Crippen molar-refractivity contribution in [2.75, 3.05) is 23.3 Å². The summed E-state index contributed by atoms with van der Waals surface area (Å²) in [4.78, 5) is 19.9. The van der Waals surface area contributed by atoms with Gasteiger partial charge in [0.1, 0.15) is 0 Å². The van der Waals surface area contributed by atoms with E-state index in [-0.39, 0.29) is 11.2 Å². The van der Waals surface area contributed by atoms with Crippen molar-refractivity contribution in [1.82, 2.24) is 15.2 Å². The van der Waals surface area contributed by atoms with Crippen LogP contribution in [0, 0.1) is 0 Å². The van der Waals surface area contributed by atoms with Crippen LogP contribution in [0.25, 0.3) is 0 Å². The normalized spacial score (nSPS) is 16.0. The van der Waals surface area contributed by atoms with Crippen molar-refractivity contribution < 1.29 is 4.79 Å². The number of aromatic amines is 1. The van der Waals surface area contributed by atoms with Crippen LogP contribution in [0.2, 0.25) is 0 Å². The standard InChI is InChI=1S/C16H20BrN5OS/c1-11(24-13-7-5-12(17)6-8-13)14(23)18-15-19-16(21-20-15)22-9-3-2-4-10-22/h5-8,11H,2-4,9-10H2,1H3,(H2,18,19,20,21,23). The van der Waals surface area contributed by atoms with Crippen molar-refractivity contribution in [3.63, 3.8) is 0 Å². The van der Waals surface area contributed by atoms with Gasteiger partial charge in [-0.2, -0.15) is 4.98 Å². The molecule has 0 bridgehead atoms. The van der Waals surface area contributed by atoms with Gasteiger partial charge in [0, 0.05) is 22.5 Å². The van der Waals surface area contributed by atoms with Gasteiger partial charge in [0.25, 0.3) is 0 Å². The maximum Gasteiger partial charge on any atom is 0.246 e. The van der Waals surface area contributed by atoms with Crippen LogP contribution in [0.1, 0.15) is 26.2 Å². The van der Waals surface area contributed by atoms with E-state index in [4.69, 9.17) is 0 Å². The topological polar surface area (TPSA) is 73.9 Å². The maximum absolute atomic E-state index is 12.3. The zero-order valence-corrected chi connectivity index (χ0v) is 15.9. The molecule has 0 radical (unpaired) electrons. The van der Waals surface area contributed by atoms with Gasteiger partial charge in [0.05, 0.1) is 5.25 Å². The third-order valence-electron chi connectivity index (χ3n) is 3.85. The van der Waals surface area contributed by atoms with Gasteiger partial charge in [-0.3, -0.25) is 10.1 Å². The van der Waals surface area contributed by atoms with E-state index in [1.165, 1.54) is 18.2 Å². The van der Waals surface area contributed by atoms with Gasteiger partial charge in [-0.05, 0) is 50.5 Å². The number of H-pyrrole nitrogens is 1. The second-order valence-electron chi connectivity index (χ2n) is 5.73. The lowest BCUT2D eigenvalue weighted by molar-refractivity contribution is -0.115. The highest BCUT2D eigenvalue weighted by Gasteiger charge is 2.19. The first kappa shape index (κ1) is 17.3. The first-order valence-corrected chi connectivity index (χ1v) is 9.69. The largest absolute Gasteiger partial charge is 0.340 e. The van der Waals surface area contributed by atoms with Crippen molar-refractivity contribution in [2.45, 2.75) is 36.3 Å². The molecule has 8 heteroatoms. The molecule has 1 amide bonds. The Kier molecular flexibility index (Phi) is 5.78. The molecule has 3 rings (SSSR count). The van der Waals surface area contributed by atoms with E-state index in [2.05, 4.69) is 41.3 Å². The maximum atomic E-state index is 12.3. The van der Waals surface area contributed by atoms with Gasteiger partial charge in [-0.1, -0.05) is 15.9 Å². The summed E-state index contributed by atoms with van der Waals surface area (Å²) in [6.07, 6.45) is 3.59. The lowest BCUT2D eigenvalue weighted by Crippen LogP contribution is -2.30. The minimum Gasteiger partial charge on any atom is -0.340 e. The summed E-state index contributed by atoms with van der Waals surface area (Å²) in [6.45, 7) is 3.83. The molecule has 1 aliphatic heterocycles. The molecule has 1 fully saturated rings. The van der Waals surface area contributed by atoms with Crippen molar-refractivity contribution in [3.05, 3.63) is 28.7 Å². The molecule has 1 atom stereocenters. The molecule has 2 heterocycles. The quantitative estimate of drug-likeness (QED) is 0.736. The second-order valence-corrected chi connectivity index (χ2v) is 8.06. The lowest BCUT2D eigenvalue weighted by Gasteiger charge is -2.24. The fourth-order valence-corrected chi connectivity index (χ4v) is 3.67. The molecular weight excluding hydrogens is 390 g/mol. The Balaban J connectivity index is 1.55. The van der Waals surface area contributed by atoms with Crippen LogP contribution in [0.15, 0.2) is 33.6 Å². The van der Waals surface area contributed by atoms with E-state index in [0.717, 1.165) is 35.3 Å². The number of thioether (sulfide) groups is 1. The summed E-state index contributed by atoms with van der Waals surface area (Å²) in [7, 11) is 0. The zero-order chi connectivity index (χ0) is 16.9. The number of hydrogen-bond acceptors (Lipinski definition) is 5. The Morgan fingerprint density at radius 3 is 2.71 bits per heavy atom. The van der Waals surface area contributed by atoms with Gasteiger partial charge >= 0.3 is 0 Å². The third-order valence-corrected chi connectivity index (χ3v) is 5.49. The highest BCUT2D eigenvalue weighted by atomic mass is 79.9. The molecule has 24 heavy (non-hydrogen) atoms. The van der Waals surface area contributed by atoms with Crippen LogP contribution in [0.5, 0.6) is 0 Å². The highest BCUT2D eigenvalue weighted by Crippen LogP contribution is 2.25. The fraction of sp³-hybridized carbons (Fsp3) is 0.438. The van der Waals surface area contributed by atoms with Crippen molar-refractivity contribution in [1.29, 1.82) is 0 Å². The fourth-order valence-electron chi connectivity index (χ4n) is 2.53. The predicted molar refractivity (Wildman–Crippen MR) is 101 cm³/mol. The number of benzene rings is 1. The van der Waals surface area contributed by atoms with Crippen LogP contribution < -0.4 is 10.2 Å². The predicted octanol–water partition coefficient (Wildman–Crippen LogP) is 3.68. The molecule has 2 aromatic rings. The number of nitrogens with zero attached hydrogens (tertiary/aromatic N) is 3. The number of rotatable bonds is 5. The number of hydrogen-bond donors (Lipinski definition) is 2. The Morgan fingerprint density at radius 1 is 1.29 bits per heavy atom.